The average Bonchev–Trinajstić information content (AvgIpc) is 2.96. The molecule has 0 radical (unpaired) electrons. The van der Waals surface area contributed by atoms with Gasteiger partial charge in [-0.3, -0.25) is 0 Å². The molecule has 160 valence electrons. The number of benzene rings is 1. The zero-order valence-corrected chi connectivity index (χ0v) is 15.1. The van der Waals surface area contributed by atoms with Crippen LogP contribution in [0.4, 0.5) is 41.2 Å². The molecule has 11 heteroatoms. The first-order chi connectivity index (χ1) is 13.9. The number of aromatic nitrogens is 1. The first-order valence-corrected chi connectivity index (χ1v) is 8.97. The molecule has 4 rings (SSSR count). The van der Waals surface area contributed by atoms with Gasteiger partial charge in [-0.1, -0.05) is 0 Å². The molecule has 0 aliphatic carbocycles. The van der Waals surface area contributed by atoms with Crippen LogP contribution >= 0.6 is 0 Å². The first kappa shape index (κ1) is 20.4. The number of halogens is 7. The number of alkyl halides is 6. The molecule has 3 heterocycles. The summed E-state index contributed by atoms with van der Waals surface area (Å²) in [5.74, 6) is -0.642. The zero-order chi connectivity index (χ0) is 21.8. The Morgan fingerprint density at radius 1 is 1.03 bits per heavy atom. The smallest absolute Gasteiger partial charge is 0.314 e. The number of carbonyl (C=O) groups is 1. The van der Waals surface area contributed by atoms with E-state index in [4.69, 9.17) is 0 Å². The van der Waals surface area contributed by atoms with Gasteiger partial charge in [0, 0.05) is 23.5 Å². The van der Waals surface area contributed by atoms with Crippen molar-refractivity contribution in [2.24, 2.45) is 0 Å². The third-order valence-electron chi connectivity index (χ3n) is 5.41. The molecule has 0 unspecified atom stereocenters. The number of rotatable bonds is 1. The zero-order valence-electron chi connectivity index (χ0n) is 15.1. The number of hydrogen-bond donors (Lipinski definition) is 1. The van der Waals surface area contributed by atoms with Gasteiger partial charge in [-0.15, -0.1) is 0 Å². The van der Waals surface area contributed by atoms with Crippen molar-refractivity contribution in [2.45, 2.75) is 43.7 Å². The highest BCUT2D eigenvalue weighted by atomic mass is 19.4. The first-order valence-electron chi connectivity index (χ1n) is 8.97. The van der Waals surface area contributed by atoms with E-state index >= 15 is 0 Å². The molecule has 2 aliphatic heterocycles. The van der Waals surface area contributed by atoms with E-state index in [1.807, 2.05) is 0 Å². The summed E-state index contributed by atoms with van der Waals surface area (Å²) in [6.07, 6.45) is -7.57. The van der Waals surface area contributed by atoms with Crippen molar-refractivity contribution in [2.75, 3.05) is 5.32 Å². The Morgan fingerprint density at radius 2 is 1.67 bits per heavy atom. The summed E-state index contributed by atoms with van der Waals surface area (Å²) in [5, 5.41) is 2.16. The van der Waals surface area contributed by atoms with Gasteiger partial charge in [0.1, 0.15) is 0 Å². The Bertz CT molecular complexity index is 970. The summed E-state index contributed by atoms with van der Waals surface area (Å²) in [6.45, 7) is 0. The van der Waals surface area contributed by atoms with Crippen molar-refractivity contribution in [3.8, 4) is 0 Å². The Kier molecular flexibility index (Phi) is 4.66. The number of hydrogen-bond acceptors (Lipinski definition) is 2. The van der Waals surface area contributed by atoms with Gasteiger partial charge in [0.2, 0.25) is 5.95 Å². The predicted molar refractivity (Wildman–Crippen MR) is 91.0 cm³/mol. The molecule has 1 aromatic heterocycles. The van der Waals surface area contributed by atoms with Gasteiger partial charge >= 0.3 is 18.4 Å². The lowest BCUT2D eigenvalue weighted by atomic mass is 9.95. The van der Waals surface area contributed by atoms with Crippen molar-refractivity contribution >= 4 is 11.7 Å². The van der Waals surface area contributed by atoms with E-state index in [2.05, 4.69) is 10.3 Å². The molecule has 1 aromatic carbocycles. The van der Waals surface area contributed by atoms with E-state index in [0.29, 0.717) is 36.1 Å². The van der Waals surface area contributed by atoms with Crippen LogP contribution in [0.2, 0.25) is 0 Å². The van der Waals surface area contributed by atoms with Crippen LogP contribution in [0.5, 0.6) is 0 Å². The second-order valence-electron chi connectivity index (χ2n) is 7.25. The van der Waals surface area contributed by atoms with Gasteiger partial charge in [-0.25, -0.2) is 9.78 Å². The van der Waals surface area contributed by atoms with Gasteiger partial charge in [0.05, 0.1) is 17.2 Å². The molecule has 2 amide bonds. The van der Waals surface area contributed by atoms with Crippen LogP contribution in [-0.4, -0.2) is 22.0 Å². The van der Waals surface area contributed by atoms with Crippen molar-refractivity contribution in [3.63, 3.8) is 0 Å². The minimum Gasteiger partial charge on any atom is -0.314 e. The molecule has 1 fully saturated rings. The highest BCUT2D eigenvalue weighted by Gasteiger charge is 2.44. The molecule has 30 heavy (non-hydrogen) atoms. The molecule has 2 atom stereocenters. The minimum absolute atomic E-state index is 0.00767. The Balaban J connectivity index is 1.65. The molecule has 0 spiro atoms. The third kappa shape index (κ3) is 3.56. The van der Waals surface area contributed by atoms with Crippen LogP contribution in [-0.2, 0) is 18.8 Å². The number of nitrogens with zero attached hydrogens (tertiary/aromatic N) is 2. The number of urea groups is 1. The van der Waals surface area contributed by atoms with E-state index in [1.165, 1.54) is 11.1 Å². The fourth-order valence-electron chi connectivity index (χ4n) is 4.14. The highest BCUT2D eigenvalue weighted by molar-refractivity contribution is 5.90. The van der Waals surface area contributed by atoms with Crippen LogP contribution in [0.15, 0.2) is 30.5 Å². The Hall–Kier alpha value is -2.85. The van der Waals surface area contributed by atoms with E-state index in [0.717, 1.165) is 0 Å². The van der Waals surface area contributed by atoms with Crippen LogP contribution < -0.4 is 5.32 Å². The Morgan fingerprint density at radius 3 is 2.27 bits per heavy atom. The quantitative estimate of drug-likeness (QED) is 0.473. The van der Waals surface area contributed by atoms with E-state index in [9.17, 15) is 35.5 Å². The average molecular weight is 433 g/mol. The standard InChI is InChI=1S/C19H14F7N3O/c20-16-14-8-12-1-2-15(13(14)3-4-27-16)29(12)17(30)28-11-6-9(18(21,22)23)5-10(7-11)19(24,25)26/h3-7,12,15H,1-2,8H2,(H,28,30)/t12-,15+/m1/s1. The van der Waals surface area contributed by atoms with Gasteiger partial charge in [-0.2, -0.15) is 30.7 Å². The molecule has 2 aliphatic rings. The minimum atomic E-state index is -5.02. The highest BCUT2D eigenvalue weighted by Crippen LogP contribution is 2.44. The maximum Gasteiger partial charge on any atom is 0.416 e. The van der Waals surface area contributed by atoms with Crippen LogP contribution in [0.25, 0.3) is 0 Å². The fourth-order valence-corrected chi connectivity index (χ4v) is 4.14. The van der Waals surface area contributed by atoms with Gasteiger partial charge in [-0.05, 0) is 49.1 Å². The molecule has 0 saturated carbocycles. The number of fused-ring (bicyclic) bond motifs is 4. The molecular formula is C19H14F7N3O. The topological polar surface area (TPSA) is 45.2 Å². The lowest BCUT2D eigenvalue weighted by Crippen LogP contribution is -2.44. The number of anilines is 1. The normalized spacial score (nSPS) is 20.8. The van der Waals surface area contributed by atoms with E-state index < -0.39 is 53.2 Å². The molecule has 1 saturated heterocycles. The van der Waals surface area contributed by atoms with Gasteiger partial charge < -0.3 is 10.2 Å². The van der Waals surface area contributed by atoms with Crippen molar-refractivity contribution in [1.82, 2.24) is 9.88 Å². The number of pyridine rings is 1. The van der Waals surface area contributed by atoms with E-state index in [1.54, 1.807) is 6.07 Å². The molecule has 4 nitrogen and oxygen atoms in total. The van der Waals surface area contributed by atoms with E-state index in [-0.39, 0.29) is 12.5 Å². The molecule has 1 N–H and O–H groups in total. The summed E-state index contributed by atoms with van der Waals surface area (Å²) in [4.78, 5) is 17.7. The third-order valence-corrected chi connectivity index (χ3v) is 5.41. The summed E-state index contributed by atoms with van der Waals surface area (Å²) in [7, 11) is 0. The number of carbonyl (C=O) groups excluding carboxylic acids is 1. The number of nitrogens with one attached hydrogen (secondary N) is 1. The van der Waals surface area contributed by atoms with Crippen LogP contribution in [0, 0.1) is 5.95 Å². The van der Waals surface area contributed by atoms with Crippen LogP contribution in [0.1, 0.15) is 41.1 Å². The maximum absolute atomic E-state index is 14.0. The van der Waals surface area contributed by atoms with Crippen molar-refractivity contribution in [3.05, 3.63) is 58.7 Å². The fraction of sp³-hybridized carbons (Fsp3) is 0.368. The SMILES string of the molecule is O=C(Nc1cc(C(F)(F)F)cc(C(F)(F)F)c1)N1[C@@H]2CC[C@H]1c1ccnc(F)c1C2. The second kappa shape index (κ2) is 6.85. The maximum atomic E-state index is 14.0. The Labute approximate surface area is 165 Å². The molecule has 2 bridgehead atoms. The summed E-state index contributed by atoms with van der Waals surface area (Å²) < 4.78 is 92.2. The number of amides is 2. The summed E-state index contributed by atoms with van der Waals surface area (Å²) >= 11 is 0. The van der Waals surface area contributed by atoms with Crippen molar-refractivity contribution < 1.29 is 35.5 Å². The lowest BCUT2D eigenvalue weighted by Gasteiger charge is -2.36. The van der Waals surface area contributed by atoms with Gasteiger partial charge in [0.15, 0.2) is 0 Å². The molecular weight excluding hydrogens is 419 g/mol. The summed E-state index contributed by atoms with van der Waals surface area (Å²) in [5.41, 5.74) is -2.73. The van der Waals surface area contributed by atoms with Crippen molar-refractivity contribution in [1.29, 1.82) is 0 Å². The lowest BCUT2D eigenvalue weighted by molar-refractivity contribution is -0.143. The second-order valence-corrected chi connectivity index (χ2v) is 7.25. The summed E-state index contributed by atoms with van der Waals surface area (Å²) in [6, 6.07) is 0.687. The monoisotopic (exact) mass is 433 g/mol. The predicted octanol–water partition coefficient (Wildman–Crippen LogP) is 5.55. The van der Waals surface area contributed by atoms with Crippen LogP contribution in [0.3, 0.4) is 0 Å². The van der Waals surface area contributed by atoms with Gasteiger partial charge in [0.25, 0.3) is 0 Å². The molecule has 2 aromatic rings. The largest absolute Gasteiger partial charge is 0.416 e.